The van der Waals surface area contributed by atoms with Gasteiger partial charge in [-0.2, -0.15) is 0 Å². The van der Waals surface area contributed by atoms with E-state index in [9.17, 15) is 34.8 Å². The Morgan fingerprint density at radius 1 is 1.18 bits per heavy atom. The van der Waals surface area contributed by atoms with E-state index in [1.54, 1.807) is 0 Å². The molecule has 0 spiro atoms. The summed E-state index contributed by atoms with van der Waals surface area (Å²) in [7, 11) is 0. The molecule has 1 aliphatic carbocycles. The van der Waals surface area contributed by atoms with Crippen molar-refractivity contribution in [2.45, 2.75) is 76.2 Å². The maximum atomic E-state index is 13.4. The van der Waals surface area contributed by atoms with Gasteiger partial charge in [0.2, 0.25) is 6.29 Å². The number of aliphatic hydroxyl groups excluding tert-OH is 4. The van der Waals surface area contributed by atoms with Gasteiger partial charge >= 0.3 is 17.9 Å². The second-order valence-electron chi connectivity index (χ2n) is 10.8. The van der Waals surface area contributed by atoms with Crippen LogP contribution in [0, 0.1) is 29.6 Å². The normalized spacial score (nSPS) is 41.1. The van der Waals surface area contributed by atoms with Crippen LogP contribution in [0.25, 0.3) is 0 Å². The van der Waals surface area contributed by atoms with Crippen molar-refractivity contribution in [3.8, 4) is 0 Å². The van der Waals surface area contributed by atoms with Gasteiger partial charge in [0.1, 0.15) is 30.5 Å². The molecule has 0 aromatic rings. The predicted molar refractivity (Wildman–Crippen MR) is 132 cm³/mol. The molecule has 1 saturated carbocycles. The first-order chi connectivity index (χ1) is 19.0. The molecule has 0 aromatic heterocycles. The predicted octanol–water partition coefficient (Wildman–Crippen LogP) is -0.454. The van der Waals surface area contributed by atoms with Crippen LogP contribution in [0.4, 0.5) is 0 Å². The number of carbonyl (C=O) groups is 3. The highest BCUT2D eigenvalue weighted by Gasteiger charge is 2.49. The Morgan fingerprint density at radius 2 is 1.93 bits per heavy atom. The highest BCUT2D eigenvalue weighted by atomic mass is 16.8. The maximum absolute atomic E-state index is 13.4. The van der Waals surface area contributed by atoms with Crippen LogP contribution < -0.4 is 0 Å². The van der Waals surface area contributed by atoms with Gasteiger partial charge in [-0.15, -0.1) is 6.58 Å². The topological polar surface area (TPSA) is 188 Å². The van der Waals surface area contributed by atoms with E-state index < -0.39 is 73.5 Å². The first-order valence-electron chi connectivity index (χ1n) is 13.5. The lowest BCUT2D eigenvalue weighted by Crippen LogP contribution is -2.60. The number of hydrogen-bond acceptors (Lipinski definition) is 13. The maximum Gasteiger partial charge on any atom is 0.337 e. The molecule has 224 valence electrons. The Bertz CT molecular complexity index is 979. The molecule has 0 aromatic carbocycles. The van der Waals surface area contributed by atoms with Crippen molar-refractivity contribution in [2.24, 2.45) is 29.6 Å². The molecular weight excluding hydrogens is 532 g/mol. The fourth-order valence-corrected chi connectivity index (χ4v) is 6.04. The third-order valence-corrected chi connectivity index (χ3v) is 8.39. The molecule has 40 heavy (non-hydrogen) atoms. The van der Waals surface area contributed by atoms with Crippen LogP contribution in [0.5, 0.6) is 0 Å². The first kappa shape index (κ1) is 30.4. The number of rotatable bonds is 9. The molecule has 0 amide bonds. The largest absolute Gasteiger partial charge is 0.471 e. The van der Waals surface area contributed by atoms with Gasteiger partial charge in [-0.25, -0.2) is 4.79 Å². The quantitative estimate of drug-likeness (QED) is 0.159. The fourth-order valence-electron chi connectivity index (χ4n) is 6.04. The Hall–Kier alpha value is -2.55. The molecule has 13 nitrogen and oxygen atoms in total. The van der Waals surface area contributed by atoms with Gasteiger partial charge in [0.25, 0.3) is 0 Å². The van der Waals surface area contributed by atoms with Crippen molar-refractivity contribution in [3.05, 3.63) is 24.5 Å². The van der Waals surface area contributed by atoms with Crippen LogP contribution in [0.2, 0.25) is 0 Å². The van der Waals surface area contributed by atoms with Crippen molar-refractivity contribution in [2.75, 3.05) is 19.8 Å². The standard InChI is InChI=1S/C27H38O13/c1-4-15-16(5-6-35-13(3)29)18(25(34)38-19-7-14-8-21(30)36-10-17(14)12(19)2)11-37-26(15)40-27-24(33)23(32)22(31)20(9-28)39-27/h4,11-12,14-17,19-20,22-24,26-28,31-33H,1,5-10H2,2-3H3/t12-,14?,15?,16+,17?,19+,20-,22-,23+,24-,26+,27+/m1/s1. The molecule has 3 fully saturated rings. The molecule has 4 aliphatic rings. The van der Waals surface area contributed by atoms with Crippen molar-refractivity contribution in [1.29, 1.82) is 0 Å². The summed E-state index contributed by atoms with van der Waals surface area (Å²) in [5, 5.41) is 40.1. The Labute approximate surface area is 231 Å². The monoisotopic (exact) mass is 570 g/mol. The van der Waals surface area contributed by atoms with E-state index in [0.717, 1.165) is 0 Å². The Balaban J connectivity index is 1.50. The third kappa shape index (κ3) is 6.34. The highest BCUT2D eigenvalue weighted by Crippen LogP contribution is 2.44. The van der Waals surface area contributed by atoms with E-state index in [2.05, 4.69) is 6.58 Å². The molecule has 3 aliphatic heterocycles. The van der Waals surface area contributed by atoms with E-state index in [-0.39, 0.29) is 48.7 Å². The molecule has 4 N–H and O–H groups in total. The zero-order chi connectivity index (χ0) is 29.1. The molecule has 12 atom stereocenters. The average Bonchev–Trinajstić information content (AvgIpc) is 3.22. The van der Waals surface area contributed by atoms with Gasteiger partial charge in [-0.3, -0.25) is 9.59 Å². The van der Waals surface area contributed by atoms with Crippen LogP contribution in [0.15, 0.2) is 24.5 Å². The van der Waals surface area contributed by atoms with E-state index >= 15 is 0 Å². The summed E-state index contributed by atoms with van der Waals surface area (Å²) in [4.78, 5) is 36.6. The third-order valence-electron chi connectivity index (χ3n) is 8.39. The molecule has 4 rings (SSSR count). The van der Waals surface area contributed by atoms with Gasteiger partial charge < -0.3 is 48.8 Å². The number of carbonyl (C=O) groups excluding carboxylic acids is 3. The molecular formula is C27H38O13. The fraction of sp³-hybridized carbons (Fsp3) is 0.741. The minimum absolute atomic E-state index is 0.0227. The number of esters is 3. The van der Waals surface area contributed by atoms with E-state index in [4.69, 9.17) is 28.4 Å². The zero-order valence-corrected chi connectivity index (χ0v) is 22.5. The molecule has 3 heterocycles. The van der Waals surface area contributed by atoms with E-state index in [1.807, 2.05) is 6.92 Å². The minimum atomic E-state index is -1.66. The van der Waals surface area contributed by atoms with Gasteiger partial charge in [-0.05, 0) is 24.7 Å². The summed E-state index contributed by atoms with van der Waals surface area (Å²) in [5.74, 6) is -2.59. The lowest BCUT2D eigenvalue weighted by molar-refractivity contribution is -0.339. The van der Waals surface area contributed by atoms with Crippen LogP contribution in [0.1, 0.15) is 33.1 Å². The number of cyclic esters (lactones) is 1. The van der Waals surface area contributed by atoms with Crippen LogP contribution in [-0.4, -0.2) is 101 Å². The van der Waals surface area contributed by atoms with Gasteiger partial charge in [0.05, 0.1) is 31.7 Å². The van der Waals surface area contributed by atoms with E-state index in [0.29, 0.717) is 13.0 Å². The van der Waals surface area contributed by atoms with Gasteiger partial charge in [0, 0.05) is 31.1 Å². The number of hydrogen-bond donors (Lipinski definition) is 4. The highest BCUT2D eigenvalue weighted by molar-refractivity contribution is 5.89. The SMILES string of the molecule is C=CC1[C@H](O[C@@H]2O[C@H](CO)[C@@H](O)[C@H](O)[C@H]2O)OC=C(C(=O)O[C@H]2CC3CC(=O)OCC3[C@H]2C)[C@H]1CCOC(C)=O. The van der Waals surface area contributed by atoms with Gasteiger partial charge in [-0.1, -0.05) is 13.0 Å². The van der Waals surface area contributed by atoms with Crippen molar-refractivity contribution in [1.82, 2.24) is 0 Å². The van der Waals surface area contributed by atoms with Crippen LogP contribution in [0.3, 0.4) is 0 Å². The summed E-state index contributed by atoms with van der Waals surface area (Å²) in [6.45, 7) is 6.70. The lowest BCUT2D eigenvalue weighted by Gasteiger charge is -2.43. The Kier molecular flexibility index (Phi) is 9.85. The summed E-state index contributed by atoms with van der Waals surface area (Å²) in [5.41, 5.74) is 0.167. The zero-order valence-electron chi connectivity index (χ0n) is 22.5. The molecule has 2 saturated heterocycles. The van der Waals surface area contributed by atoms with Crippen LogP contribution >= 0.6 is 0 Å². The first-order valence-corrected chi connectivity index (χ1v) is 13.5. The molecule has 13 heteroatoms. The van der Waals surface area contributed by atoms with Crippen molar-refractivity contribution < 1.29 is 63.2 Å². The smallest absolute Gasteiger partial charge is 0.337 e. The molecule has 0 bridgehead atoms. The second kappa shape index (κ2) is 13.0. The summed E-state index contributed by atoms with van der Waals surface area (Å²) in [6, 6.07) is 0. The second-order valence-corrected chi connectivity index (χ2v) is 10.8. The lowest BCUT2D eigenvalue weighted by atomic mass is 9.81. The van der Waals surface area contributed by atoms with Crippen molar-refractivity contribution >= 4 is 17.9 Å². The summed E-state index contributed by atoms with van der Waals surface area (Å²) < 4.78 is 33.2. The van der Waals surface area contributed by atoms with E-state index in [1.165, 1.54) is 19.3 Å². The minimum Gasteiger partial charge on any atom is -0.471 e. The van der Waals surface area contributed by atoms with Gasteiger partial charge in [0.15, 0.2) is 6.29 Å². The number of ether oxygens (including phenoxy) is 6. The summed E-state index contributed by atoms with van der Waals surface area (Å²) >= 11 is 0. The summed E-state index contributed by atoms with van der Waals surface area (Å²) in [6.07, 6.45) is -5.45. The van der Waals surface area contributed by atoms with Crippen LogP contribution in [-0.2, 0) is 42.8 Å². The Morgan fingerprint density at radius 3 is 2.60 bits per heavy atom. The average molecular weight is 571 g/mol. The van der Waals surface area contributed by atoms with Crippen molar-refractivity contribution in [3.63, 3.8) is 0 Å². The molecule has 3 unspecified atom stereocenters. The number of fused-ring (bicyclic) bond motifs is 1. The number of aliphatic hydroxyl groups is 4. The molecule has 0 radical (unpaired) electrons.